The fraction of sp³-hybridized carbons (Fsp3) is 0.400. The molecule has 0 bridgehead atoms. The van der Waals surface area contributed by atoms with Crippen LogP contribution in [0.25, 0.3) is 0 Å². The molecule has 0 aliphatic carbocycles. The molecule has 1 aromatic carbocycles. The van der Waals surface area contributed by atoms with Crippen LogP contribution in [0.1, 0.15) is 28.1 Å². The van der Waals surface area contributed by atoms with Crippen LogP contribution in [0.15, 0.2) is 29.2 Å². The van der Waals surface area contributed by atoms with Crippen molar-refractivity contribution in [2.24, 2.45) is 0 Å². The molecule has 3 rings (SSSR count). The molecule has 0 radical (unpaired) electrons. The second-order valence-corrected chi connectivity index (χ2v) is 6.77. The average Bonchev–Trinajstić information content (AvgIpc) is 2.89. The van der Waals surface area contributed by atoms with Gasteiger partial charge in [-0.25, -0.2) is 0 Å². The van der Waals surface area contributed by atoms with E-state index in [2.05, 4.69) is 24.0 Å². The molecule has 1 fully saturated rings. The molecule has 0 unspecified atom stereocenters. The minimum atomic E-state index is -0.915. The summed E-state index contributed by atoms with van der Waals surface area (Å²) < 4.78 is 6.68. The SMILES string of the molecule is C1COCCN1.Cc1c(C#N)c(Cc2ccccc2S)c(C)n1CC(=O)O. The van der Waals surface area contributed by atoms with Crippen LogP contribution in [0.5, 0.6) is 0 Å². The molecule has 0 atom stereocenters. The van der Waals surface area contributed by atoms with Crippen LogP contribution in [0.2, 0.25) is 0 Å². The van der Waals surface area contributed by atoms with Gasteiger partial charge in [-0.1, -0.05) is 18.2 Å². The van der Waals surface area contributed by atoms with Crippen molar-refractivity contribution in [3.8, 4) is 6.07 Å². The van der Waals surface area contributed by atoms with Crippen molar-refractivity contribution in [1.82, 2.24) is 9.88 Å². The fourth-order valence-corrected chi connectivity index (χ4v) is 3.29. The van der Waals surface area contributed by atoms with Crippen LogP contribution in [0.3, 0.4) is 0 Å². The van der Waals surface area contributed by atoms with Gasteiger partial charge in [-0.15, -0.1) is 12.6 Å². The lowest BCUT2D eigenvalue weighted by atomic mass is 10.0. The van der Waals surface area contributed by atoms with Crippen LogP contribution in [-0.4, -0.2) is 41.9 Å². The van der Waals surface area contributed by atoms with Crippen molar-refractivity contribution < 1.29 is 14.6 Å². The zero-order valence-electron chi connectivity index (χ0n) is 15.7. The standard InChI is InChI=1S/C16H16N2O2S.C4H9NO/c1-10-13(7-12-5-3-4-6-15(12)21)14(8-17)11(2)18(10)9-16(19)20;1-3-6-4-2-5-1/h3-6,21H,7,9H2,1-2H3,(H,19,20);5H,1-4H2. The number of aliphatic carboxylic acids is 1. The predicted molar refractivity (Wildman–Crippen MR) is 106 cm³/mol. The van der Waals surface area contributed by atoms with Crippen LogP contribution in [0, 0.1) is 25.2 Å². The Morgan fingerprint density at radius 1 is 1.30 bits per heavy atom. The molecule has 1 saturated heterocycles. The van der Waals surface area contributed by atoms with E-state index >= 15 is 0 Å². The summed E-state index contributed by atoms with van der Waals surface area (Å²) in [5.74, 6) is -0.915. The summed E-state index contributed by atoms with van der Waals surface area (Å²) in [5.41, 5.74) is 3.98. The lowest BCUT2D eigenvalue weighted by Crippen LogP contribution is -2.30. The minimum absolute atomic E-state index is 0.130. The minimum Gasteiger partial charge on any atom is -0.480 e. The summed E-state index contributed by atoms with van der Waals surface area (Å²) in [7, 11) is 0. The molecule has 6 nitrogen and oxygen atoms in total. The number of carboxylic acid groups (broad SMARTS) is 1. The van der Waals surface area contributed by atoms with Gasteiger partial charge in [0.2, 0.25) is 0 Å². The normalized spacial score (nSPS) is 13.4. The number of nitrogens with one attached hydrogen (secondary N) is 1. The fourth-order valence-electron chi connectivity index (χ4n) is 3.05. The molecule has 1 aromatic heterocycles. The van der Waals surface area contributed by atoms with Crippen LogP contribution in [0.4, 0.5) is 0 Å². The number of rotatable bonds is 4. The topological polar surface area (TPSA) is 87.3 Å². The van der Waals surface area contributed by atoms with Gasteiger partial charge in [0.15, 0.2) is 0 Å². The maximum Gasteiger partial charge on any atom is 0.323 e. The predicted octanol–water partition coefficient (Wildman–Crippen LogP) is 2.55. The van der Waals surface area contributed by atoms with Gasteiger partial charge >= 0.3 is 5.97 Å². The van der Waals surface area contributed by atoms with E-state index in [4.69, 9.17) is 9.84 Å². The highest BCUT2D eigenvalue weighted by molar-refractivity contribution is 7.80. The summed E-state index contributed by atoms with van der Waals surface area (Å²) >= 11 is 4.43. The summed E-state index contributed by atoms with van der Waals surface area (Å²) in [6.07, 6.45) is 0.571. The third kappa shape index (κ3) is 5.60. The van der Waals surface area contributed by atoms with Gasteiger partial charge in [0.1, 0.15) is 12.6 Å². The highest BCUT2D eigenvalue weighted by atomic mass is 32.1. The molecule has 2 N–H and O–H groups in total. The van der Waals surface area contributed by atoms with E-state index in [1.165, 1.54) is 0 Å². The van der Waals surface area contributed by atoms with Gasteiger partial charge < -0.3 is 19.7 Å². The molecule has 144 valence electrons. The van der Waals surface area contributed by atoms with Gasteiger partial charge in [-0.3, -0.25) is 4.79 Å². The Morgan fingerprint density at radius 3 is 2.44 bits per heavy atom. The number of morpholine rings is 1. The number of nitrogens with zero attached hydrogens (tertiary/aromatic N) is 2. The van der Waals surface area contributed by atoms with Crippen LogP contribution < -0.4 is 5.32 Å². The molecule has 1 aliphatic rings. The van der Waals surface area contributed by atoms with E-state index in [1.807, 2.05) is 31.2 Å². The van der Waals surface area contributed by atoms with E-state index in [0.29, 0.717) is 17.7 Å². The number of hydrogen-bond acceptors (Lipinski definition) is 5. The van der Waals surface area contributed by atoms with Gasteiger partial charge in [0.25, 0.3) is 0 Å². The maximum atomic E-state index is 11.0. The van der Waals surface area contributed by atoms with Crippen molar-refractivity contribution in [3.05, 3.63) is 52.3 Å². The largest absolute Gasteiger partial charge is 0.480 e. The molecule has 1 aliphatic heterocycles. The summed E-state index contributed by atoms with van der Waals surface area (Å²) in [5, 5.41) is 21.6. The van der Waals surface area contributed by atoms with Crippen molar-refractivity contribution in [2.45, 2.75) is 31.7 Å². The van der Waals surface area contributed by atoms with E-state index < -0.39 is 5.97 Å². The van der Waals surface area contributed by atoms with Gasteiger partial charge in [-0.05, 0) is 31.0 Å². The molecule has 0 saturated carbocycles. The van der Waals surface area contributed by atoms with E-state index in [0.717, 1.165) is 48.0 Å². The Bertz CT molecular complexity index is 824. The van der Waals surface area contributed by atoms with Crippen molar-refractivity contribution in [3.63, 3.8) is 0 Å². The maximum absolute atomic E-state index is 11.0. The number of ether oxygens (including phenoxy) is 1. The smallest absolute Gasteiger partial charge is 0.323 e. The molecular weight excluding hydrogens is 362 g/mol. The van der Waals surface area contributed by atoms with Crippen molar-refractivity contribution in [2.75, 3.05) is 26.3 Å². The Labute approximate surface area is 165 Å². The first-order valence-corrected chi connectivity index (χ1v) is 9.26. The number of benzene rings is 1. The second kappa shape index (κ2) is 10.2. The van der Waals surface area contributed by atoms with Crippen molar-refractivity contribution >= 4 is 18.6 Å². The number of carbonyl (C=O) groups is 1. The first kappa shape index (κ1) is 21.0. The Kier molecular flexibility index (Phi) is 7.92. The second-order valence-electron chi connectivity index (χ2n) is 6.28. The monoisotopic (exact) mass is 387 g/mol. The molecule has 2 aromatic rings. The number of hydrogen-bond donors (Lipinski definition) is 3. The molecule has 7 heteroatoms. The number of aromatic nitrogens is 1. The highest BCUT2D eigenvalue weighted by Gasteiger charge is 2.19. The molecule has 2 heterocycles. The van der Waals surface area contributed by atoms with E-state index in [1.54, 1.807) is 11.5 Å². The molecule has 0 spiro atoms. The Hall–Kier alpha value is -2.27. The highest BCUT2D eigenvalue weighted by Crippen LogP contribution is 2.26. The summed E-state index contributed by atoms with van der Waals surface area (Å²) in [4.78, 5) is 11.8. The van der Waals surface area contributed by atoms with Crippen molar-refractivity contribution in [1.29, 1.82) is 5.26 Å². The zero-order valence-corrected chi connectivity index (χ0v) is 16.6. The third-order valence-corrected chi connectivity index (χ3v) is 4.96. The van der Waals surface area contributed by atoms with Crippen LogP contribution in [-0.2, 0) is 22.5 Å². The quantitative estimate of drug-likeness (QED) is 0.702. The van der Waals surface area contributed by atoms with Gasteiger partial charge in [0.05, 0.1) is 18.8 Å². The van der Waals surface area contributed by atoms with E-state index in [-0.39, 0.29) is 6.54 Å². The summed E-state index contributed by atoms with van der Waals surface area (Å²) in [6, 6.07) is 9.90. The first-order chi connectivity index (χ1) is 13.0. The third-order valence-electron chi connectivity index (χ3n) is 4.52. The molecule has 27 heavy (non-hydrogen) atoms. The Morgan fingerprint density at radius 2 is 1.96 bits per heavy atom. The Balaban J connectivity index is 0.000000369. The average molecular weight is 388 g/mol. The first-order valence-electron chi connectivity index (χ1n) is 8.81. The van der Waals surface area contributed by atoms with Gasteiger partial charge in [-0.2, -0.15) is 5.26 Å². The van der Waals surface area contributed by atoms with Gasteiger partial charge in [0, 0.05) is 35.8 Å². The van der Waals surface area contributed by atoms with Crippen LogP contribution >= 0.6 is 12.6 Å². The number of thiol groups is 1. The lowest BCUT2D eigenvalue weighted by Gasteiger charge is -2.10. The molecular formula is C20H25N3O3S. The lowest BCUT2D eigenvalue weighted by molar-refractivity contribution is -0.137. The van der Waals surface area contributed by atoms with E-state index in [9.17, 15) is 10.1 Å². The summed E-state index contributed by atoms with van der Waals surface area (Å²) in [6.45, 7) is 7.34. The number of carboxylic acids is 1. The zero-order chi connectivity index (χ0) is 19.8. The molecule has 0 amide bonds. The number of nitriles is 1.